The maximum atomic E-state index is 13.1. The van der Waals surface area contributed by atoms with E-state index in [-0.39, 0.29) is 17.6 Å². The van der Waals surface area contributed by atoms with Gasteiger partial charge in [-0.2, -0.15) is 0 Å². The Labute approximate surface area is 141 Å². The number of halogens is 1. The molecule has 1 aromatic heterocycles. The largest absolute Gasteiger partial charge is 0.439 e. The van der Waals surface area contributed by atoms with Crippen LogP contribution in [0, 0.1) is 11.7 Å². The predicted molar refractivity (Wildman–Crippen MR) is 90.0 cm³/mol. The molecule has 0 spiro atoms. The van der Waals surface area contributed by atoms with E-state index in [0.717, 1.165) is 12.0 Å². The summed E-state index contributed by atoms with van der Waals surface area (Å²) in [5.74, 6) is 0.314. The van der Waals surface area contributed by atoms with E-state index in [9.17, 15) is 9.18 Å². The van der Waals surface area contributed by atoms with Gasteiger partial charge < -0.3 is 15.8 Å². The average Bonchev–Trinajstić information content (AvgIpc) is 2.59. The van der Waals surface area contributed by atoms with Crippen LogP contribution in [0.3, 0.4) is 0 Å². The average molecular weight is 331 g/mol. The van der Waals surface area contributed by atoms with E-state index >= 15 is 0 Å². The van der Waals surface area contributed by atoms with E-state index in [1.54, 1.807) is 30.5 Å². The third-order valence-corrected chi connectivity index (χ3v) is 3.84. The van der Waals surface area contributed by atoms with Crippen LogP contribution >= 0.6 is 0 Å². The van der Waals surface area contributed by atoms with Crippen molar-refractivity contribution < 1.29 is 13.9 Å². The molecular weight excluding hydrogens is 309 g/mol. The molecule has 0 aliphatic carbocycles. The lowest BCUT2D eigenvalue weighted by Crippen LogP contribution is -2.44. The molecule has 128 valence electrons. The van der Waals surface area contributed by atoms with E-state index in [1.165, 1.54) is 12.1 Å². The molecule has 1 aromatic carbocycles. The van der Waals surface area contributed by atoms with Crippen LogP contribution in [-0.2, 0) is 11.3 Å². The summed E-state index contributed by atoms with van der Waals surface area (Å²) in [4.78, 5) is 16.1. The maximum Gasteiger partial charge on any atom is 0.237 e. The first-order valence-electron chi connectivity index (χ1n) is 7.91. The number of nitrogens with one attached hydrogen (secondary N) is 1. The smallest absolute Gasteiger partial charge is 0.237 e. The van der Waals surface area contributed by atoms with Crippen molar-refractivity contribution in [3.8, 4) is 11.6 Å². The van der Waals surface area contributed by atoms with Crippen molar-refractivity contribution >= 4 is 5.91 Å². The molecule has 2 unspecified atom stereocenters. The second-order valence-electron chi connectivity index (χ2n) is 5.69. The highest BCUT2D eigenvalue weighted by Crippen LogP contribution is 2.20. The quantitative estimate of drug-likeness (QED) is 0.817. The number of carbonyl (C=O) groups excluding carboxylic acids is 1. The van der Waals surface area contributed by atoms with Crippen molar-refractivity contribution in [1.82, 2.24) is 10.3 Å². The van der Waals surface area contributed by atoms with Crippen molar-refractivity contribution in [1.29, 1.82) is 0 Å². The molecule has 0 aliphatic rings. The fourth-order valence-corrected chi connectivity index (χ4v) is 2.05. The van der Waals surface area contributed by atoms with E-state index in [1.807, 2.05) is 13.8 Å². The molecular formula is C18H22FN3O2. The zero-order valence-corrected chi connectivity index (χ0v) is 13.8. The minimum atomic E-state index is -0.515. The van der Waals surface area contributed by atoms with Crippen LogP contribution in [0.1, 0.15) is 25.8 Å². The minimum absolute atomic E-state index is 0.130. The summed E-state index contributed by atoms with van der Waals surface area (Å²) in [7, 11) is 0. The lowest BCUT2D eigenvalue weighted by Gasteiger charge is -2.17. The van der Waals surface area contributed by atoms with Gasteiger partial charge in [0.25, 0.3) is 0 Å². The number of nitrogens with zero attached hydrogens (tertiary/aromatic N) is 1. The van der Waals surface area contributed by atoms with E-state index in [0.29, 0.717) is 18.2 Å². The Hall–Kier alpha value is -2.47. The summed E-state index contributed by atoms with van der Waals surface area (Å²) in [5, 5.41) is 2.80. The fourth-order valence-electron chi connectivity index (χ4n) is 2.05. The zero-order chi connectivity index (χ0) is 17.5. The van der Waals surface area contributed by atoms with E-state index in [4.69, 9.17) is 10.5 Å². The molecule has 0 bridgehead atoms. The first-order valence-corrected chi connectivity index (χ1v) is 7.91. The van der Waals surface area contributed by atoms with Gasteiger partial charge in [-0.05, 0) is 23.6 Å². The van der Waals surface area contributed by atoms with Crippen LogP contribution in [0.5, 0.6) is 11.6 Å². The molecule has 2 atom stereocenters. The summed E-state index contributed by atoms with van der Waals surface area (Å²) in [5.41, 5.74) is 6.70. The monoisotopic (exact) mass is 331 g/mol. The van der Waals surface area contributed by atoms with Gasteiger partial charge in [-0.15, -0.1) is 0 Å². The van der Waals surface area contributed by atoms with Crippen molar-refractivity contribution in [2.75, 3.05) is 0 Å². The number of amides is 1. The van der Waals surface area contributed by atoms with E-state index in [2.05, 4.69) is 10.3 Å². The van der Waals surface area contributed by atoms with Gasteiger partial charge >= 0.3 is 0 Å². The summed E-state index contributed by atoms with van der Waals surface area (Å²) in [6.45, 7) is 4.29. The number of hydrogen-bond acceptors (Lipinski definition) is 4. The standard InChI is InChI=1S/C18H22FN3O2/c1-3-12(2)17(20)18(23)22-11-13-7-8-16(21-10-13)24-15-6-4-5-14(19)9-15/h4-10,12,17H,3,11,20H2,1-2H3,(H,22,23). The van der Waals surface area contributed by atoms with Gasteiger partial charge in [0.2, 0.25) is 11.8 Å². The minimum Gasteiger partial charge on any atom is -0.439 e. The van der Waals surface area contributed by atoms with Crippen LogP contribution in [-0.4, -0.2) is 16.9 Å². The molecule has 5 nitrogen and oxygen atoms in total. The molecule has 0 aliphatic heterocycles. The third-order valence-electron chi connectivity index (χ3n) is 3.84. The molecule has 1 heterocycles. The maximum absolute atomic E-state index is 13.1. The number of benzene rings is 1. The molecule has 24 heavy (non-hydrogen) atoms. The Balaban J connectivity index is 1.89. The Morgan fingerprint density at radius 1 is 1.38 bits per heavy atom. The van der Waals surface area contributed by atoms with Gasteiger partial charge in [0.05, 0.1) is 6.04 Å². The fraction of sp³-hybridized carbons (Fsp3) is 0.333. The normalized spacial score (nSPS) is 13.2. The number of ether oxygens (including phenoxy) is 1. The van der Waals surface area contributed by atoms with Gasteiger partial charge in [0.1, 0.15) is 11.6 Å². The summed E-state index contributed by atoms with van der Waals surface area (Å²) < 4.78 is 18.6. The number of hydrogen-bond donors (Lipinski definition) is 2. The molecule has 0 radical (unpaired) electrons. The molecule has 6 heteroatoms. The predicted octanol–water partition coefficient (Wildman–Crippen LogP) is 3.00. The lowest BCUT2D eigenvalue weighted by atomic mass is 9.99. The van der Waals surface area contributed by atoms with Gasteiger partial charge in [-0.3, -0.25) is 4.79 Å². The third kappa shape index (κ3) is 5.03. The summed E-state index contributed by atoms with van der Waals surface area (Å²) in [6.07, 6.45) is 2.45. The van der Waals surface area contributed by atoms with Crippen molar-refractivity contribution in [2.24, 2.45) is 11.7 Å². The Kier molecular flexibility index (Phi) is 6.26. The molecule has 0 fully saturated rings. The molecule has 3 N–H and O–H groups in total. The molecule has 2 rings (SSSR count). The van der Waals surface area contributed by atoms with Gasteiger partial charge in [0.15, 0.2) is 0 Å². The SMILES string of the molecule is CCC(C)C(N)C(=O)NCc1ccc(Oc2cccc(F)c2)nc1. The van der Waals surface area contributed by atoms with Crippen LogP contribution in [0.25, 0.3) is 0 Å². The first-order chi connectivity index (χ1) is 11.5. The van der Waals surface area contributed by atoms with Gasteiger partial charge in [-0.1, -0.05) is 32.4 Å². The summed E-state index contributed by atoms with van der Waals surface area (Å²) in [6, 6.07) is 8.78. The molecule has 2 aromatic rings. The Morgan fingerprint density at radius 3 is 2.79 bits per heavy atom. The van der Waals surface area contributed by atoms with Crippen molar-refractivity contribution in [2.45, 2.75) is 32.9 Å². The number of rotatable bonds is 7. The lowest BCUT2D eigenvalue weighted by molar-refractivity contribution is -0.123. The number of nitrogens with two attached hydrogens (primary N) is 1. The van der Waals surface area contributed by atoms with Crippen LogP contribution in [0.4, 0.5) is 4.39 Å². The van der Waals surface area contributed by atoms with Gasteiger partial charge in [0, 0.05) is 24.9 Å². The number of aromatic nitrogens is 1. The van der Waals surface area contributed by atoms with Crippen LogP contribution in [0.15, 0.2) is 42.6 Å². The number of carbonyl (C=O) groups is 1. The second-order valence-corrected chi connectivity index (χ2v) is 5.69. The molecule has 0 saturated carbocycles. The highest BCUT2D eigenvalue weighted by Gasteiger charge is 2.18. The first kappa shape index (κ1) is 17.9. The van der Waals surface area contributed by atoms with Crippen LogP contribution < -0.4 is 15.8 Å². The van der Waals surface area contributed by atoms with Crippen LogP contribution in [0.2, 0.25) is 0 Å². The molecule has 1 amide bonds. The van der Waals surface area contributed by atoms with Gasteiger partial charge in [-0.25, -0.2) is 9.37 Å². The molecule has 0 saturated heterocycles. The number of pyridine rings is 1. The van der Waals surface area contributed by atoms with Crippen molar-refractivity contribution in [3.63, 3.8) is 0 Å². The van der Waals surface area contributed by atoms with E-state index < -0.39 is 6.04 Å². The highest BCUT2D eigenvalue weighted by atomic mass is 19.1. The summed E-state index contributed by atoms with van der Waals surface area (Å²) >= 11 is 0. The zero-order valence-electron chi connectivity index (χ0n) is 13.8. The highest BCUT2D eigenvalue weighted by molar-refractivity contribution is 5.81. The Morgan fingerprint density at radius 2 is 2.17 bits per heavy atom. The Bertz CT molecular complexity index is 676. The second kappa shape index (κ2) is 8.40. The topological polar surface area (TPSA) is 77.2 Å². The van der Waals surface area contributed by atoms with Crippen molar-refractivity contribution in [3.05, 3.63) is 54.0 Å².